The van der Waals surface area contributed by atoms with Crippen molar-refractivity contribution in [2.45, 2.75) is 12.5 Å². The highest BCUT2D eigenvalue weighted by atomic mass is 79.9. The van der Waals surface area contributed by atoms with Crippen molar-refractivity contribution in [2.24, 2.45) is 5.84 Å². The largest absolute Gasteiger partial charge is 0.453 e. The predicted octanol–water partition coefficient (Wildman–Crippen LogP) is 2.84. The first-order valence-corrected chi connectivity index (χ1v) is 6.17. The Morgan fingerprint density at radius 1 is 1.47 bits per heavy atom. The minimum Gasteiger partial charge on any atom is -0.453 e. The lowest BCUT2D eigenvalue weighted by molar-refractivity contribution is 0.404. The van der Waals surface area contributed by atoms with Gasteiger partial charge in [-0.3, -0.25) is 10.8 Å². The molecule has 0 saturated heterocycles. The van der Waals surface area contributed by atoms with Crippen LogP contribution in [0.2, 0.25) is 5.02 Å². The van der Waals surface area contributed by atoms with E-state index in [1.165, 1.54) is 0 Å². The number of nitrogens with two attached hydrogens (primary N) is 1. The highest BCUT2D eigenvalue weighted by molar-refractivity contribution is 9.10. The average molecular weight is 317 g/mol. The summed E-state index contributed by atoms with van der Waals surface area (Å²) in [6.07, 6.45) is 3.95. The third-order valence-electron chi connectivity index (χ3n) is 2.42. The molecule has 2 heterocycles. The number of nitrogens with one attached hydrogen (secondary N) is 1. The van der Waals surface area contributed by atoms with E-state index in [0.717, 1.165) is 11.3 Å². The SMILES string of the molecule is NNC(Cc1ccncc1Cl)c1ccc(Br)o1. The Labute approximate surface area is 112 Å². The van der Waals surface area contributed by atoms with E-state index < -0.39 is 0 Å². The minimum absolute atomic E-state index is 0.124. The molecule has 6 heteroatoms. The van der Waals surface area contributed by atoms with Gasteiger partial charge >= 0.3 is 0 Å². The van der Waals surface area contributed by atoms with Crippen LogP contribution in [0.15, 0.2) is 39.7 Å². The number of furan rings is 1. The van der Waals surface area contributed by atoms with Crippen molar-refractivity contribution >= 4 is 27.5 Å². The second-order valence-electron chi connectivity index (χ2n) is 3.53. The monoisotopic (exact) mass is 315 g/mol. The first-order valence-electron chi connectivity index (χ1n) is 5.00. The van der Waals surface area contributed by atoms with Crippen molar-refractivity contribution in [1.29, 1.82) is 0 Å². The number of pyridine rings is 1. The Morgan fingerprint density at radius 3 is 2.88 bits per heavy atom. The van der Waals surface area contributed by atoms with E-state index >= 15 is 0 Å². The molecule has 90 valence electrons. The Bertz CT molecular complexity index is 503. The van der Waals surface area contributed by atoms with Gasteiger partial charge in [-0.05, 0) is 46.1 Å². The summed E-state index contributed by atoms with van der Waals surface area (Å²) < 4.78 is 6.14. The van der Waals surface area contributed by atoms with Crippen molar-refractivity contribution in [2.75, 3.05) is 0 Å². The van der Waals surface area contributed by atoms with Crippen molar-refractivity contribution in [3.8, 4) is 0 Å². The van der Waals surface area contributed by atoms with Crippen LogP contribution in [0.3, 0.4) is 0 Å². The van der Waals surface area contributed by atoms with Crippen molar-refractivity contribution in [1.82, 2.24) is 10.4 Å². The summed E-state index contributed by atoms with van der Waals surface area (Å²) in [6, 6.07) is 5.43. The molecular formula is C11H11BrClN3O. The lowest BCUT2D eigenvalue weighted by atomic mass is 10.1. The van der Waals surface area contributed by atoms with Crippen molar-refractivity contribution in [3.05, 3.63) is 51.6 Å². The fourth-order valence-corrected chi connectivity index (χ4v) is 2.06. The van der Waals surface area contributed by atoms with Gasteiger partial charge in [0.2, 0.25) is 0 Å². The second kappa shape index (κ2) is 5.64. The first kappa shape index (κ1) is 12.6. The zero-order chi connectivity index (χ0) is 12.3. The average Bonchev–Trinajstić information content (AvgIpc) is 2.75. The number of hydrogen-bond donors (Lipinski definition) is 2. The standard InChI is InChI=1S/C11H11BrClN3O/c12-11-2-1-10(17-11)9(16-14)5-7-3-4-15-6-8(7)13/h1-4,6,9,16H,5,14H2. The molecule has 0 fully saturated rings. The summed E-state index contributed by atoms with van der Waals surface area (Å²) in [7, 11) is 0. The molecule has 0 aromatic carbocycles. The van der Waals surface area contributed by atoms with Crippen LogP contribution < -0.4 is 11.3 Å². The Morgan fingerprint density at radius 2 is 2.29 bits per heavy atom. The summed E-state index contributed by atoms with van der Waals surface area (Å²) in [5.41, 5.74) is 3.68. The van der Waals surface area contributed by atoms with Gasteiger partial charge in [-0.2, -0.15) is 0 Å². The minimum atomic E-state index is -0.124. The van der Waals surface area contributed by atoms with Crippen molar-refractivity contribution < 1.29 is 4.42 Å². The van der Waals surface area contributed by atoms with E-state index in [9.17, 15) is 0 Å². The highest BCUT2D eigenvalue weighted by Gasteiger charge is 2.15. The molecule has 0 amide bonds. The molecule has 4 nitrogen and oxygen atoms in total. The van der Waals surface area contributed by atoms with Crippen LogP contribution >= 0.6 is 27.5 Å². The van der Waals surface area contributed by atoms with Crippen LogP contribution in [-0.4, -0.2) is 4.98 Å². The Hall–Kier alpha value is -0.880. The first-order chi connectivity index (χ1) is 8.20. The number of rotatable bonds is 4. The summed E-state index contributed by atoms with van der Waals surface area (Å²) >= 11 is 9.31. The van der Waals surface area contributed by atoms with Gasteiger partial charge in [0.25, 0.3) is 0 Å². The van der Waals surface area contributed by atoms with Gasteiger partial charge in [-0.15, -0.1) is 0 Å². The number of hydrazine groups is 1. The molecule has 0 aliphatic carbocycles. The van der Waals surface area contributed by atoms with E-state index in [2.05, 4.69) is 26.3 Å². The molecule has 17 heavy (non-hydrogen) atoms. The molecular weight excluding hydrogens is 305 g/mol. The summed E-state index contributed by atoms with van der Waals surface area (Å²) in [6.45, 7) is 0. The van der Waals surface area contributed by atoms with Gasteiger partial charge in [0.05, 0.1) is 11.1 Å². The maximum atomic E-state index is 6.05. The second-order valence-corrected chi connectivity index (χ2v) is 4.72. The summed E-state index contributed by atoms with van der Waals surface area (Å²) in [5.74, 6) is 6.28. The van der Waals surface area contributed by atoms with Crippen LogP contribution in [0.4, 0.5) is 0 Å². The molecule has 2 rings (SSSR count). The molecule has 0 spiro atoms. The number of hydrogen-bond acceptors (Lipinski definition) is 4. The van der Waals surface area contributed by atoms with Gasteiger partial charge in [0.15, 0.2) is 4.67 Å². The number of aromatic nitrogens is 1. The Balaban J connectivity index is 2.18. The van der Waals surface area contributed by atoms with E-state index in [-0.39, 0.29) is 6.04 Å². The molecule has 2 aromatic rings. The smallest absolute Gasteiger partial charge is 0.169 e. The molecule has 0 radical (unpaired) electrons. The maximum Gasteiger partial charge on any atom is 0.169 e. The van der Waals surface area contributed by atoms with Crippen LogP contribution in [-0.2, 0) is 6.42 Å². The van der Waals surface area contributed by atoms with E-state index in [0.29, 0.717) is 16.1 Å². The summed E-state index contributed by atoms with van der Waals surface area (Å²) in [4.78, 5) is 3.94. The topological polar surface area (TPSA) is 64.1 Å². The quantitative estimate of drug-likeness (QED) is 0.672. The van der Waals surface area contributed by atoms with Gasteiger partial charge in [-0.1, -0.05) is 11.6 Å². The van der Waals surface area contributed by atoms with Crippen LogP contribution in [0, 0.1) is 0 Å². The fourth-order valence-electron chi connectivity index (χ4n) is 1.55. The van der Waals surface area contributed by atoms with Crippen LogP contribution in [0.25, 0.3) is 0 Å². The molecule has 3 N–H and O–H groups in total. The fraction of sp³-hybridized carbons (Fsp3) is 0.182. The molecule has 0 saturated carbocycles. The van der Waals surface area contributed by atoms with Crippen molar-refractivity contribution in [3.63, 3.8) is 0 Å². The van der Waals surface area contributed by atoms with Crippen LogP contribution in [0.5, 0.6) is 0 Å². The zero-order valence-electron chi connectivity index (χ0n) is 8.86. The van der Waals surface area contributed by atoms with Gasteiger partial charge in [0, 0.05) is 12.4 Å². The lowest BCUT2D eigenvalue weighted by Gasteiger charge is -2.13. The van der Waals surface area contributed by atoms with E-state index in [1.54, 1.807) is 12.4 Å². The maximum absolute atomic E-state index is 6.05. The number of nitrogens with zero attached hydrogens (tertiary/aromatic N) is 1. The Kier molecular flexibility index (Phi) is 4.17. The molecule has 1 atom stereocenters. The summed E-state index contributed by atoms with van der Waals surface area (Å²) in [5, 5.41) is 0.623. The third kappa shape index (κ3) is 3.07. The molecule has 0 bridgehead atoms. The third-order valence-corrected chi connectivity index (χ3v) is 3.19. The molecule has 2 aromatic heterocycles. The van der Waals surface area contributed by atoms with Gasteiger partial charge in [0.1, 0.15) is 5.76 Å². The highest BCUT2D eigenvalue weighted by Crippen LogP contribution is 2.25. The van der Waals surface area contributed by atoms with E-state index in [1.807, 2.05) is 18.2 Å². The van der Waals surface area contributed by atoms with Crippen LogP contribution in [0.1, 0.15) is 17.4 Å². The number of halogens is 2. The van der Waals surface area contributed by atoms with Gasteiger partial charge < -0.3 is 4.42 Å². The van der Waals surface area contributed by atoms with Gasteiger partial charge in [-0.25, -0.2) is 5.43 Å². The zero-order valence-corrected chi connectivity index (χ0v) is 11.2. The molecule has 0 aliphatic rings. The molecule has 0 aliphatic heterocycles. The normalized spacial score (nSPS) is 12.6. The van der Waals surface area contributed by atoms with E-state index in [4.69, 9.17) is 21.9 Å². The predicted molar refractivity (Wildman–Crippen MR) is 69.4 cm³/mol. The molecule has 1 unspecified atom stereocenters. The lowest BCUT2D eigenvalue weighted by Crippen LogP contribution is -2.29.